The second-order valence-electron chi connectivity index (χ2n) is 8.36. The topological polar surface area (TPSA) is 66.3 Å². The summed E-state index contributed by atoms with van der Waals surface area (Å²) in [5.74, 6) is 1.01. The maximum atomic E-state index is 9.46. The highest BCUT2D eigenvalue weighted by Crippen LogP contribution is 2.31. The normalized spacial score (nSPS) is 22.5. The smallest absolute Gasteiger partial charge is 0.193 e. The molecule has 2 heterocycles. The third-order valence-corrected chi connectivity index (χ3v) is 6.57. The van der Waals surface area contributed by atoms with E-state index in [0.29, 0.717) is 12.2 Å². The van der Waals surface area contributed by atoms with Gasteiger partial charge < -0.3 is 24.8 Å². The van der Waals surface area contributed by atoms with Gasteiger partial charge in [-0.05, 0) is 63.7 Å². The molecule has 0 radical (unpaired) electrons. The van der Waals surface area contributed by atoms with Crippen molar-refractivity contribution < 1.29 is 14.6 Å². The number of nitrogens with one attached hydrogen (secondary N) is 1. The van der Waals surface area contributed by atoms with E-state index in [1.807, 2.05) is 0 Å². The van der Waals surface area contributed by atoms with Gasteiger partial charge in [0.05, 0.1) is 18.8 Å². The van der Waals surface area contributed by atoms with Crippen LogP contribution in [0.1, 0.15) is 72.1 Å². The van der Waals surface area contributed by atoms with Gasteiger partial charge in [0.2, 0.25) is 0 Å². The molecule has 2 aliphatic rings. The average molecular weight is 398 g/mol. The van der Waals surface area contributed by atoms with Gasteiger partial charge in [0, 0.05) is 39.4 Å². The first-order valence-corrected chi connectivity index (χ1v) is 11.5. The average Bonchev–Trinajstić information content (AvgIpc) is 2.75. The molecule has 0 aromatic rings. The molecule has 6 nitrogen and oxygen atoms in total. The summed E-state index contributed by atoms with van der Waals surface area (Å²) in [6, 6.07) is 0. The van der Waals surface area contributed by atoms with Crippen molar-refractivity contribution in [3.05, 3.63) is 0 Å². The summed E-state index contributed by atoms with van der Waals surface area (Å²) < 4.78 is 11.9. The highest BCUT2D eigenvalue weighted by Gasteiger charge is 2.27. The summed E-state index contributed by atoms with van der Waals surface area (Å²) in [6.45, 7) is 12.0. The molecule has 6 heteroatoms. The van der Waals surface area contributed by atoms with E-state index in [1.54, 1.807) is 0 Å². The van der Waals surface area contributed by atoms with E-state index < -0.39 is 0 Å². The molecule has 164 valence electrons. The molecule has 2 fully saturated rings. The third kappa shape index (κ3) is 7.20. The van der Waals surface area contributed by atoms with Crippen molar-refractivity contribution in [1.82, 2.24) is 10.2 Å². The minimum atomic E-state index is 0.108. The number of guanidine groups is 1. The Kier molecular flexibility index (Phi) is 10.6. The molecule has 2 saturated heterocycles. The minimum absolute atomic E-state index is 0.108. The van der Waals surface area contributed by atoms with Gasteiger partial charge in [-0.1, -0.05) is 13.8 Å². The van der Waals surface area contributed by atoms with Crippen LogP contribution in [0.5, 0.6) is 0 Å². The molecule has 2 rings (SSSR count). The molecule has 0 aliphatic carbocycles. The van der Waals surface area contributed by atoms with Crippen molar-refractivity contribution in [2.24, 2.45) is 10.4 Å². The van der Waals surface area contributed by atoms with E-state index >= 15 is 0 Å². The molecule has 0 aromatic heterocycles. The Bertz CT molecular complexity index is 440. The van der Waals surface area contributed by atoms with Crippen LogP contribution in [0, 0.1) is 5.41 Å². The number of hydrogen-bond donors (Lipinski definition) is 2. The lowest BCUT2D eigenvalue weighted by molar-refractivity contribution is -0.0721. The molecule has 0 spiro atoms. The molecular weight excluding hydrogens is 354 g/mol. The Hall–Kier alpha value is -0.850. The maximum absolute atomic E-state index is 9.46. The van der Waals surface area contributed by atoms with Crippen molar-refractivity contribution in [1.29, 1.82) is 0 Å². The first-order chi connectivity index (χ1) is 13.7. The van der Waals surface area contributed by atoms with Crippen LogP contribution in [0.15, 0.2) is 4.99 Å². The number of aliphatic imine (C=N–C) groups is 1. The highest BCUT2D eigenvalue weighted by molar-refractivity contribution is 5.80. The second-order valence-corrected chi connectivity index (χ2v) is 8.36. The van der Waals surface area contributed by atoms with Gasteiger partial charge in [-0.25, -0.2) is 0 Å². The predicted molar refractivity (Wildman–Crippen MR) is 115 cm³/mol. The monoisotopic (exact) mass is 397 g/mol. The molecule has 0 aromatic carbocycles. The zero-order valence-electron chi connectivity index (χ0n) is 18.4. The predicted octanol–water partition coefficient (Wildman–Crippen LogP) is 3.19. The zero-order chi connectivity index (χ0) is 20.2. The fraction of sp³-hybridized carbons (Fsp3) is 0.955. The molecule has 28 heavy (non-hydrogen) atoms. The lowest BCUT2D eigenvalue weighted by Crippen LogP contribution is -2.47. The van der Waals surface area contributed by atoms with E-state index in [2.05, 4.69) is 31.0 Å². The quantitative estimate of drug-likeness (QED) is 0.438. The van der Waals surface area contributed by atoms with Crippen LogP contribution in [0.2, 0.25) is 0 Å². The number of hydrogen-bond acceptors (Lipinski definition) is 4. The highest BCUT2D eigenvalue weighted by atomic mass is 16.5. The Balaban J connectivity index is 1.83. The number of likely N-dealkylation sites (tertiary alicyclic amines) is 1. The Morgan fingerprint density at radius 2 is 1.93 bits per heavy atom. The van der Waals surface area contributed by atoms with Gasteiger partial charge in [-0.3, -0.25) is 4.99 Å². The summed E-state index contributed by atoms with van der Waals surface area (Å²) in [6.07, 6.45) is 9.24. The van der Waals surface area contributed by atoms with E-state index in [0.717, 1.165) is 83.9 Å². The van der Waals surface area contributed by atoms with Crippen LogP contribution in [0.25, 0.3) is 0 Å². The molecule has 1 unspecified atom stereocenters. The van der Waals surface area contributed by atoms with Crippen molar-refractivity contribution in [3.8, 4) is 0 Å². The van der Waals surface area contributed by atoms with Crippen molar-refractivity contribution >= 4 is 5.96 Å². The summed E-state index contributed by atoms with van der Waals surface area (Å²) in [5.41, 5.74) is 0.108. The van der Waals surface area contributed by atoms with Crippen LogP contribution in [0.3, 0.4) is 0 Å². The third-order valence-electron chi connectivity index (χ3n) is 6.57. The Morgan fingerprint density at radius 1 is 1.18 bits per heavy atom. The van der Waals surface area contributed by atoms with Gasteiger partial charge in [-0.2, -0.15) is 0 Å². The number of piperidine rings is 1. The first kappa shape index (κ1) is 23.4. The SMILES string of the molecule is CCNC(=NCC(CC)(CC)CCO)N1CCC(OCC2CCCCO2)CC1. The van der Waals surface area contributed by atoms with Gasteiger partial charge in [0.1, 0.15) is 0 Å². The van der Waals surface area contributed by atoms with Crippen LogP contribution in [-0.4, -0.2) is 74.2 Å². The maximum Gasteiger partial charge on any atom is 0.193 e. The van der Waals surface area contributed by atoms with E-state index in [9.17, 15) is 5.11 Å². The van der Waals surface area contributed by atoms with Gasteiger partial charge in [0.25, 0.3) is 0 Å². The van der Waals surface area contributed by atoms with Crippen LogP contribution in [0.4, 0.5) is 0 Å². The molecule has 0 bridgehead atoms. The van der Waals surface area contributed by atoms with Crippen molar-refractivity contribution in [2.45, 2.75) is 84.3 Å². The molecule has 1 atom stereocenters. The van der Waals surface area contributed by atoms with E-state index in [1.165, 1.54) is 12.8 Å². The molecule has 0 amide bonds. The fourth-order valence-corrected chi connectivity index (χ4v) is 4.23. The number of nitrogens with zero attached hydrogens (tertiary/aromatic N) is 2. The number of aliphatic hydroxyl groups is 1. The summed E-state index contributed by atoms with van der Waals surface area (Å²) in [5, 5.41) is 12.9. The number of ether oxygens (including phenoxy) is 2. The number of aliphatic hydroxyl groups excluding tert-OH is 1. The minimum Gasteiger partial charge on any atom is -0.396 e. The fourth-order valence-electron chi connectivity index (χ4n) is 4.23. The molecule has 2 aliphatic heterocycles. The van der Waals surface area contributed by atoms with Crippen LogP contribution in [-0.2, 0) is 9.47 Å². The molecular formula is C22H43N3O3. The first-order valence-electron chi connectivity index (χ1n) is 11.5. The van der Waals surface area contributed by atoms with Gasteiger partial charge in [0.15, 0.2) is 5.96 Å². The molecule has 2 N–H and O–H groups in total. The molecule has 0 saturated carbocycles. The van der Waals surface area contributed by atoms with Crippen LogP contribution < -0.4 is 5.32 Å². The Labute approximate surface area is 172 Å². The number of rotatable bonds is 10. The lowest BCUT2D eigenvalue weighted by Gasteiger charge is -2.36. The summed E-state index contributed by atoms with van der Waals surface area (Å²) in [4.78, 5) is 7.34. The van der Waals surface area contributed by atoms with E-state index in [4.69, 9.17) is 14.5 Å². The lowest BCUT2D eigenvalue weighted by atomic mass is 9.79. The summed E-state index contributed by atoms with van der Waals surface area (Å²) >= 11 is 0. The largest absolute Gasteiger partial charge is 0.396 e. The van der Waals surface area contributed by atoms with E-state index in [-0.39, 0.29) is 12.0 Å². The standard InChI is InChI=1S/C22H43N3O3/c1-4-22(5-2,12-15-26)18-24-21(23-6-3)25-13-10-19(11-14-25)28-17-20-9-7-8-16-27-20/h19-20,26H,4-18H2,1-3H3,(H,23,24). The van der Waals surface area contributed by atoms with Crippen molar-refractivity contribution in [2.75, 3.05) is 46.0 Å². The van der Waals surface area contributed by atoms with Crippen molar-refractivity contribution in [3.63, 3.8) is 0 Å². The van der Waals surface area contributed by atoms with Crippen LogP contribution >= 0.6 is 0 Å². The second kappa shape index (κ2) is 12.7. The summed E-state index contributed by atoms with van der Waals surface area (Å²) in [7, 11) is 0. The Morgan fingerprint density at radius 3 is 2.50 bits per heavy atom. The van der Waals surface area contributed by atoms with Gasteiger partial charge >= 0.3 is 0 Å². The zero-order valence-corrected chi connectivity index (χ0v) is 18.4. The van der Waals surface area contributed by atoms with Gasteiger partial charge in [-0.15, -0.1) is 0 Å².